The maximum absolute atomic E-state index is 6.10. The number of hydrogen-bond acceptors (Lipinski definition) is 4. The highest BCUT2D eigenvalue weighted by atomic mass is 32.2. The summed E-state index contributed by atoms with van der Waals surface area (Å²) >= 11 is 1.44. The van der Waals surface area contributed by atoms with Crippen molar-refractivity contribution in [3.63, 3.8) is 0 Å². The minimum absolute atomic E-state index is 0.364. The van der Waals surface area contributed by atoms with Crippen LogP contribution in [-0.4, -0.2) is 16.6 Å². The summed E-state index contributed by atoms with van der Waals surface area (Å²) in [5, 5.41) is 0. The number of hydrogen-bond donors (Lipinski definition) is 0. The molecule has 0 radical (unpaired) electrons. The first-order valence-corrected chi connectivity index (χ1v) is 12.6. The maximum Gasteiger partial charge on any atom is 0.147 e. The summed E-state index contributed by atoms with van der Waals surface area (Å²) in [6.07, 6.45) is 8.33. The van der Waals surface area contributed by atoms with Gasteiger partial charge in [0, 0.05) is 30.6 Å². The van der Waals surface area contributed by atoms with E-state index < -0.39 is 0 Å². The zero-order valence-electron chi connectivity index (χ0n) is 21.2. The molecule has 1 fully saturated rings. The molecule has 0 N–H and O–H groups in total. The number of allylic oxidation sites excluding steroid dienone is 1. The number of aryl methyl sites for hydroxylation is 2. The van der Waals surface area contributed by atoms with Crippen molar-refractivity contribution in [3.05, 3.63) is 69.9 Å². The van der Waals surface area contributed by atoms with E-state index in [-0.39, 0.29) is 0 Å². The maximum atomic E-state index is 6.10. The van der Waals surface area contributed by atoms with E-state index in [9.17, 15) is 0 Å². The van der Waals surface area contributed by atoms with Crippen LogP contribution in [-0.2, 0) is 6.54 Å². The van der Waals surface area contributed by atoms with E-state index >= 15 is 0 Å². The Morgan fingerprint density at radius 2 is 1.59 bits per heavy atom. The van der Waals surface area contributed by atoms with Crippen LogP contribution in [0.1, 0.15) is 80.3 Å². The molecule has 0 unspecified atom stereocenters. The summed E-state index contributed by atoms with van der Waals surface area (Å²) in [4.78, 5) is 4.07. The predicted octanol–water partition coefficient (Wildman–Crippen LogP) is 8.39. The van der Waals surface area contributed by atoms with Crippen molar-refractivity contribution in [2.24, 2.45) is 4.99 Å². The fourth-order valence-corrected chi connectivity index (χ4v) is 3.75. The quantitative estimate of drug-likeness (QED) is 0.311. The van der Waals surface area contributed by atoms with E-state index in [1.54, 1.807) is 0 Å². The minimum Gasteiger partial charge on any atom is -0.409 e. The number of benzene rings is 2. The lowest BCUT2D eigenvalue weighted by molar-refractivity contribution is 0.369. The fourth-order valence-electron chi connectivity index (χ4n) is 3.02. The second kappa shape index (κ2) is 12.9. The summed E-state index contributed by atoms with van der Waals surface area (Å²) in [5.41, 5.74) is 8.85. The van der Waals surface area contributed by atoms with Gasteiger partial charge in [0.1, 0.15) is 18.0 Å². The lowest BCUT2D eigenvalue weighted by Crippen LogP contribution is -2.24. The SMILES string of the molecule is C1CC1.CC.Cc1cc(CN(SOc2ccc(C)c(C)c2C)C(C)C)ccc1C1=CN=C1. The number of rotatable bonds is 7. The first-order valence-electron chi connectivity index (χ1n) is 11.9. The third kappa shape index (κ3) is 7.53. The molecule has 2 aromatic carbocycles. The molecule has 1 aliphatic carbocycles. The summed E-state index contributed by atoms with van der Waals surface area (Å²) in [7, 11) is 0. The predicted molar refractivity (Wildman–Crippen MR) is 142 cm³/mol. The second-order valence-electron chi connectivity index (χ2n) is 8.53. The molecule has 0 atom stereocenters. The normalized spacial score (nSPS) is 13.5. The molecule has 2 aromatic rings. The van der Waals surface area contributed by atoms with Gasteiger partial charge in [-0.1, -0.05) is 57.4 Å². The van der Waals surface area contributed by atoms with Gasteiger partial charge in [0.2, 0.25) is 0 Å². The molecule has 3 nitrogen and oxygen atoms in total. The van der Waals surface area contributed by atoms with Crippen LogP contribution < -0.4 is 4.18 Å². The molecular formula is C28H40N2OS. The van der Waals surface area contributed by atoms with Gasteiger partial charge in [0.15, 0.2) is 0 Å². The van der Waals surface area contributed by atoms with Crippen molar-refractivity contribution in [3.8, 4) is 5.75 Å². The Hall–Kier alpha value is -2.04. The molecule has 0 aromatic heterocycles. The highest BCUT2D eigenvalue weighted by Crippen LogP contribution is 2.30. The van der Waals surface area contributed by atoms with Crippen LogP contribution in [0.3, 0.4) is 0 Å². The average molecular weight is 453 g/mol. The molecule has 174 valence electrons. The third-order valence-electron chi connectivity index (χ3n) is 5.53. The average Bonchev–Trinajstić information content (AvgIpc) is 3.62. The molecule has 32 heavy (non-hydrogen) atoms. The molecule has 2 aliphatic rings. The number of aliphatic imine (C=N–C) groups is 1. The Labute approximate surface area is 200 Å². The van der Waals surface area contributed by atoms with Gasteiger partial charge in [-0.2, -0.15) is 0 Å². The van der Waals surface area contributed by atoms with E-state index in [2.05, 4.69) is 81.2 Å². The van der Waals surface area contributed by atoms with E-state index in [1.807, 2.05) is 26.3 Å². The zero-order chi connectivity index (χ0) is 23.7. The van der Waals surface area contributed by atoms with E-state index in [0.29, 0.717) is 6.04 Å². The molecule has 0 spiro atoms. The minimum atomic E-state index is 0.364. The summed E-state index contributed by atoms with van der Waals surface area (Å²) in [6, 6.07) is 11.2. The molecule has 1 saturated carbocycles. The largest absolute Gasteiger partial charge is 0.409 e. The van der Waals surface area contributed by atoms with Gasteiger partial charge < -0.3 is 4.18 Å². The zero-order valence-corrected chi connectivity index (χ0v) is 22.0. The van der Waals surface area contributed by atoms with Crippen LogP contribution in [0.25, 0.3) is 5.57 Å². The van der Waals surface area contributed by atoms with Crippen LogP contribution in [0.15, 0.2) is 41.5 Å². The van der Waals surface area contributed by atoms with Crippen molar-refractivity contribution >= 4 is 24.0 Å². The van der Waals surface area contributed by atoms with Crippen LogP contribution in [0, 0.1) is 27.7 Å². The van der Waals surface area contributed by atoms with Crippen LogP contribution in [0.4, 0.5) is 0 Å². The van der Waals surface area contributed by atoms with E-state index in [1.165, 1.54) is 70.4 Å². The molecule has 4 heteroatoms. The standard InChI is InChI=1S/C23H28N2OS.C3H6.C2H6/c1-15(2)25(27-26-23-10-7-16(3)18(5)19(23)6)14-20-8-9-22(17(4)11-20)21-12-24-13-21;1-2-3-1;1-2/h7-13,15H,14H2,1-6H3;1-3H2;1-2H3. The molecule has 0 amide bonds. The van der Waals surface area contributed by atoms with E-state index in [0.717, 1.165) is 12.3 Å². The van der Waals surface area contributed by atoms with Gasteiger partial charge in [-0.15, -0.1) is 0 Å². The van der Waals surface area contributed by atoms with Crippen LogP contribution in [0.2, 0.25) is 0 Å². The highest BCUT2D eigenvalue weighted by Gasteiger charge is 2.16. The monoisotopic (exact) mass is 452 g/mol. The molecule has 0 saturated heterocycles. The Balaban J connectivity index is 0.000000653. The third-order valence-corrected chi connectivity index (χ3v) is 6.52. The summed E-state index contributed by atoms with van der Waals surface area (Å²) < 4.78 is 8.37. The van der Waals surface area contributed by atoms with Gasteiger partial charge in [0.25, 0.3) is 0 Å². The van der Waals surface area contributed by atoms with E-state index in [4.69, 9.17) is 4.18 Å². The number of nitrogens with zero attached hydrogens (tertiary/aromatic N) is 2. The van der Waals surface area contributed by atoms with Crippen molar-refractivity contribution in [2.45, 2.75) is 87.2 Å². The Morgan fingerprint density at radius 3 is 2.09 bits per heavy atom. The first kappa shape index (κ1) is 26.2. The summed E-state index contributed by atoms with van der Waals surface area (Å²) in [6.45, 7) is 17.8. The van der Waals surface area contributed by atoms with Gasteiger partial charge >= 0.3 is 0 Å². The molecular weight excluding hydrogens is 412 g/mol. The summed E-state index contributed by atoms with van der Waals surface area (Å²) in [5.74, 6) is 0.941. The highest BCUT2D eigenvalue weighted by molar-refractivity contribution is 7.92. The van der Waals surface area contributed by atoms with Crippen LogP contribution in [0.5, 0.6) is 5.75 Å². The molecule has 4 rings (SSSR count). The van der Waals surface area contributed by atoms with Crippen molar-refractivity contribution in [1.29, 1.82) is 0 Å². The van der Waals surface area contributed by atoms with Crippen molar-refractivity contribution < 1.29 is 4.18 Å². The fraction of sp³-hybridized carbons (Fsp3) is 0.464. The van der Waals surface area contributed by atoms with Gasteiger partial charge in [-0.25, -0.2) is 4.31 Å². The van der Waals surface area contributed by atoms with Gasteiger partial charge in [-0.05, 0) is 81.0 Å². The lowest BCUT2D eigenvalue weighted by Gasteiger charge is -2.25. The molecule has 0 bridgehead atoms. The first-order chi connectivity index (χ1) is 15.4. The smallest absolute Gasteiger partial charge is 0.147 e. The van der Waals surface area contributed by atoms with Gasteiger partial charge in [-0.3, -0.25) is 4.99 Å². The Kier molecular flexibility index (Phi) is 10.5. The topological polar surface area (TPSA) is 24.8 Å². The van der Waals surface area contributed by atoms with Crippen molar-refractivity contribution in [2.75, 3.05) is 0 Å². The molecule has 1 aliphatic heterocycles. The Morgan fingerprint density at radius 1 is 0.938 bits per heavy atom. The second-order valence-corrected chi connectivity index (χ2v) is 9.31. The van der Waals surface area contributed by atoms with Gasteiger partial charge in [0.05, 0.1) is 0 Å². The van der Waals surface area contributed by atoms with Crippen molar-refractivity contribution in [1.82, 2.24) is 4.31 Å². The molecule has 1 heterocycles. The Bertz CT molecular complexity index is 942. The lowest BCUT2D eigenvalue weighted by atomic mass is 9.98. The van der Waals surface area contributed by atoms with Crippen LogP contribution >= 0.6 is 12.2 Å².